The van der Waals surface area contributed by atoms with E-state index in [1.54, 1.807) is 0 Å². The highest BCUT2D eigenvalue weighted by Crippen LogP contribution is 2.36. The number of nitrogens with one attached hydrogen (secondary N) is 1. The molecular weight excluding hydrogens is 309 g/mol. The van der Waals surface area contributed by atoms with Crippen molar-refractivity contribution >= 4 is 0 Å². The molecule has 1 unspecified atom stereocenters. The molecule has 0 saturated carbocycles. The Morgan fingerprint density at radius 1 is 1.29 bits per heavy atom. The van der Waals surface area contributed by atoms with Crippen molar-refractivity contribution in [3.05, 3.63) is 53.7 Å². The van der Waals surface area contributed by atoms with Gasteiger partial charge in [0.1, 0.15) is 14.3 Å². The van der Waals surface area contributed by atoms with Crippen molar-refractivity contribution in [1.29, 1.82) is 0 Å². The quantitative estimate of drug-likeness (QED) is 0.927. The summed E-state index contributed by atoms with van der Waals surface area (Å²) in [6.45, 7) is -5.41. The Kier molecular flexibility index (Phi) is 2.16. The number of benzene rings is 2. The van der Waals surface area contributed by atoms with Crippen molar-refractivity contribution in [3.63, 3.8) is 0 Å². The summed E-state index contributed by atoms with van der Waals surface area (Å²) in [4.78, 5) is 0. The zero-order valence-electron chi connectivity index (χ0n) is 22.4. The van der Waals surface area contributed by atoms with E-state index in [-0.39, 0.29) is 30.3 Å². The third-order valence-corrected chi connectivity index (χ3v) is 3.69. The van der Waals surface area contributed by atoms with Gasteiger partial charge in [-0.05, 0) is 48.6 Å². The Hall–Kier alpha value is -2.27. The number of halogens is 1. The van der Waals surface area contributed by atoms with Gasteiger partial charge in [-0.15, -0.1) is 0 Å². The predicted molar refractivity (Wildman–Crippen MR) is 88.2 cm³/mol. The van der Waals surface area contributed by atoms with Crippen LogP contribution in [0.15, 0.2) is 42.4 Å². The number of fused-ring (bicyclic) bond motifs is 1. The van der Waals surface area contributed by atoms with Gasteiger partial charge in [0.05, 0.1) is 14.8 Å². The lowest BCUT2D eigenvalue weighted by molar-refractivity contribution is 0.173. The maximum absolute atomic E-state index is 14.1. The van der Waals surface area contributed by atoms with E-state index >= 15 is 0 Å². The molecule has 126 valence electrons. The normalized spacial score (nSPS) is 33.2. The summed E-state index contributed by atoms with van der Waals surface area (Å²) in [5, 5.41) is 2.77. The molecule has 1 N–H and O–H groups in total. The number of rotatable bonds is 4. The first-order chi connectivity index (χ1) is 15.6. The number of hydrogen-bond acceptors (Lipinski definition) is 4. The molecular formula is C19H20FNO3. The van der Waals surface area contributed by atoms with Gasteiger partial charge in [0.15, 0.2) is 11.5 Å². The van der Waals surface area contributed by atoms with Crippen molar-refractivity contribution < 1.29 is 32.3 Å². The molecule has 4 nitrogen and oxygen atoms in total. The molecule has 2 aromatic carbocycles. The Bertz CT molecular complexity index is 1120. The van der Waals surface area contributed by atoms with Crippen LogP contribution in [-0.4, -0.2) is 26.4 Å². The maximum atomic E-state index is 14.1. The molecule has 2 atom stereocenters. The van der Waals surface area contributed by atoms with Crippen LogP contribution in [0.4, 0.5) is 4.39 Å². The Balaban J connectivity index is 1.74. The van der Waals surface area contributed by atoms with Gasteiger partial charge in [-0.2, -0.15) is 0 Å². The average molecular weight is 339 g/mol. The topological polar surface area (TPSA) is 39.7 Å². The molecule has 2 aromatic rings. The van der Waals surface area contributed by atoms with Gasteiger partial charge in [-0.1, -0.05) is 12.1 Å². The molecule has 2 aliphatic rings. The van der Waals surface area contributed by atoms with Crippen molar-refractivity contribution in [2.24, 2.45) is 5.92 Å². The summed E-state index contributed by atoms with van der Waals surface area (Å²) >= 11 is 0. The summed E-state index contributed by atoms with van der Waals surface area (Å²) in [5.74, 6) is -4.25. The van der Waals surface area contributed by atoms with E-state index in [9.17, 15) is 4.39 Å². The first-order valence-electron chi connectivity index (χ1n) is 12.3. The van der Waals surface area contributed by atoms with Crippen LogP contribution in [0.1, 0.15) is 31.6 Å². The van der Waals surface area contributed by atoms with Crippen LogP contribution in [0, 0.1) is 11.7 Å². The zero-order chi connectivity index (χ0) is 25.2. The number of ether oxygens (including phenoxy) is 3. The molecule has 2 aliphatic heterocycles. The molecule has 24 heavy (non-hydrogen) atoms. The zero-order valence-corrected chi connectivity index (χ0v) is 12.4. The van der Waals surface area contributed by atoms with E-state index in [1.165, 1.54) is 18.2 Å². The Morgan fingerprint density at radius 3 is 3.00 bits per heavy atom. The van der Waals surface area contributed by atoms with Crippen LogP contribution >= 0.6 is 0 Å². The Morgan fingerprint density at radius 2 is 2.12 bits per heavy atom. The first-order valence-corrected chi connectivity index (χ1v) is 7.32. The van der Waals surface area contributed by atoms with E-state index in [2.05, 4.69) is 5.32 Å². The second-order valence-corrected chi connectivity index (χ2v) is 5.26. The minimum Gasteiger partial charge on any atom is -0.493 e. The highest BCUT2D eigenvalue weighted by atomic mass is 19.1. The second kappa shape index (κ2) is 6.69. The van der Waals surface area contributed by atoms with Gasteiger partial charge in [0.2, 0.25) is 6.75 Å². The van der Waals surface area contributed by atoms with E-state index in [1.807, 2.05) is 0 Å². The van der Waals surface area contributed by atoms with Gasteiger partial charge in [-0.25, -0.2) is 4.39 Å². The first kappa shape index (κ1) is 7.74. The third-order valence-electron chi connectivity index (χ3n) is 3.69. The molecule has 2 heterocycles. The van der Waals surface area contributed by atoms with Crippen LogP contribution in [0.25, 0.3) is 0 Å². The fraction of sp³-hybridized carbons (Fsp3) is 0.368. The lowest BCUT2D eigenvalue weighted by Crippen LogP contribution is -2.38. The standard InChI is InChI=1S/C19H20FNO3/c20-15-3-1-13(2-4-15)17-7-8-21-10-14(17)11-22-16-5-6-18-19(9-16)24-12-23-18/h1-6,9,14,17,21H,7-8,10-12H2/t14-,17?/m0/s1/i1D,2D,3D,4D,7D2,11D2,12D2. The molecule has 0 bridgehead atoms. The van der Waals surface area contributed by atoms with Crippen molar-refractivity contribution in [1.82, 2.24) is 5.32 Å². The monoisotopic (exact) mass is 339 g/mol. The third kappa shape index (κ3) is 3.17. The smallest absolute Gasteiger partial charge is 0.231 e. The molecule has 0 radical (unpaired) electrons. The van der Waals surface area contributed by atoms with Crippen molar-refractivity contribution in [3.8, 4) is 17.2 Å². The van der Waals surface area contributed by atoms with E-state index in [0.717, 1.165) is 0 Å². The molecule has 0 aromatic heterocycles. The average Bonchev–Trinajstić information content (AvgIpc) is 3.04. The van der Waals surface area contributed by atoms with Crippen LogP contribution < -0.4 is 19.5 Å². The summed E-state index contributed by atoms with van der Waals surface area (Å²) in [6.07, 6.45) is -2.23. The van der Waals surface area contributed by atoms with Crippen molar-refractivity contribution in [2.75, 3.05) is 26.4 Å². The number of piperidine rings is 1. The number of hydrogen-bond donors (Lipinski definition) is 1. The fourth-order valence-electron chi connectivity index (χ4n) is 2.52. The Labute approximate surface area is 154 Å². The van der Waals surface area contributed by atoms with Gasteiger partial charge in [0, 0.05) is 21.3 Å². The predicted octanol–water partition coefficient (Wildman–Crippen LogP) is 3.33. The van der Waals surface area contributed by atoms with Gasteiger partial charge in [0.25, 0.3) is 0 Å². The molecule has 1 fully saturated rings. The van der Waals surface area contributed by atoms with Crippen LogP contribution in [0.5, 0.6) is 17.2 Å². The molecule has 4 rings (SSSR count). The lowest BCUT2D eigenvalue weighted by atomic mass is 9.81. The summed E-state index contributed by atoms with van der Waals surface area (Å²) < 4.78 is 111. The fourth-order valence-corrected chi connectivity index (χ4v) is 2.52. The van der Waals surface area contributed by atoms with E-state index in [4.69, 9.17) is 27.9 Å². The van der Waals surface area contributed by atoms with Crippen molar-refractivity contribution in [2.45, 2.75) is 12.3 Å². The van der Waals surface area contributed by atoms with Crippen LogP contribution in [0.2, 0.25) is 0 Å². The second-order valence-electron chi connectivity index (χ2n) is 5.26. The summed E-state index contributed by atoms with van der Waals surface area (Å²) in [5.41, 5.74) is -0.431. The highest BCUT2D eigenvalue weighted by Gasteiger charge is 2.27. The minimum atomic E-state index is -2.62. The van der Waals surface area contributed by atoms with Gasteiger partial charge >= 0.3 is 0 Å². The molecule has 5 heteroatoms. The van der Waals surface area contributed by atoms with Gasteiger partial charge in [-0.3, -0.25) is 0 Å². The molecule has 0 aliphatic carbocycles. The largest absolute Gasteiger partial charge is 0.493 e. The summed E-state index contributed by atoms with van der Waals surface area (Å²) in [7, 11) is 0. The SMILES string of the molecule is [2H]c1c([2H])c(C2[C@H](C([2H])([2H])Oc3ccc4c(c3)OC([2H])([2H])O4)CNCC2([2H])[2H])c([2H])c([2H])c1F. The molecule has 0 amide bonds. The maximum Gasteiger partial charge on any atom is 0.231 e. The van der Waals surface area contributed by atoms with Gasteiger partial charge < -0.3 is 19.5 Å². The lowest BCUT2D eigenvalue weighted by Gasteiger charge is -2.32. The highest BCUT2D eigenvalue weighted by molar-refractivity contribution is 5.46. The minimum absolute atomic E-state index is 0.0231. The van der Waals surface area contributed by atoms with Crippen LogP contribution in [0.3, 0.4) is 0 Å². The summed E-state index contributed by atoms with van der Waals surface area (Å²) in [6, 6.07) is 0.372. The van der Waals surface area contributed by atoms with Crippen LogP contribution in [-0.2, 0) is 0 Å². The molecule has 0 spiro atoms. The van der Waals surface area contributed by atoms with E-state index in [0.29, 0.717) is 0 Å². The molecule has 1 saturated heterocycles. The van der Waals surface area contributed by atoms with E-state index < -0.39 is 67.1 Å².